The first-order chi connectivity index (χ1) is 7.24. The van der Waals surface area contributed by atoms with Crippen molar-refractivity contribution < 1.29 is 5.11 Å². The van der Waals surface area contributed by atoms with Crippen molar-refractivity contribution in [1.29, 1.82) is 0 Å². The van der Waals surface area contributed by atoms with Crippen molar-refractivity contribution >= 4 is 0 Å². The maximum Gasteiger partial charge on any atom is 0.152 e. The number of aromatic nitrogens is 3. The number of rotatable bonds is 3. The fourth-order valence-electron chi connectivity index (χ4n) is 2.33. The van der Waals surface area contributed by atoms with E-state index in [0.29, 0.717) is 6.04 Å². The number of aliphatic hydroxyl groups excluding tert-OH is 1. The van der Waals surface area contributed by atoms with Gasteiger partial charge in [0, 0.05) is 6.04 Å². The van der Waals surface area contributed by atoms with E-state index in [4.69, 9.17) is 10.8 Å². The Morgan fingerprint density at radius 1 is 1.47 bits per heavy atom. The SMILES string of the molecule is Cc1nnc([C@H](N)CO)n1C1CCCC1. The molecule has 0 aromatic carbocycles. The number of nitrogens with zero attached hydrogens (tertiary/aromatic N) is 3. The molecule has 1 aliphatic carbocycles. The van der Waals surface area contributed by atoms with Gasteiger partial charge >= 0.3 is 0 Å². The summed E-state index contributed by atoms with van der Waals surface area (Å²) in [6.45, 7) is 1.86. The van der Waals surface area contributed by atoms with E-state index >= 15 is 0 Å². The van der Waals surface area contributed by atoms with Gasteiger partial charge in [0.25, 0.3) is 0 Å². The molecule has 1 saturated carbocycles. The maximum absolute atomic E-state index is 9.06. The monoisotopic (exact) mass is 210 g/mol. The average molecular weight is 210 g/mol. The third kappa shape index (κ3) is 1.89. The van der Waals surface area contributed by atoms with E-state index in [1.165, 1.54) is 25.7 Å². The largest absolute Gasteiger partial charge is 0.394 e. The van der Waals surface area contributed by atoms with Gasteiger partial charge in [-0.1, -0.05) is 12.8 Å². The molecule has 1 aliphatic rings. The van der Waals surface area contributed by atoms with Crippen molar-refractivity contribution in [3.05, 3.63) is 11.6 Å². The Labute approximate surface area is 89.3 Å². The van der Waals surface area contributed by atoms with Gasteiger partial charge in [-0.05, 0) is 19.8 Å². The summed E-state index contributed by atoms with van der Waals surface area (Å²) in [6.07, 6.45) is 4.86. The molecular formula is C10H18N4O. The Hall–Kier alpha value is -0.940. The zero-order valence-corrected chi connectivity index (χ0v) is 9.06. The van der Waals surface area contributed by atoms with E-state index in [1.54, 1.807) is 0 Å². The van der Waals surface area contributed by atoms with Crippen molar-refractivity contribution in [3.63, 3.8) is 0 Å². The van der Waals surface area contributed by atoms with Gasteiger partial charge in [0.2, 0.25) is 0 Å². The zero-order chi connectivity index (χ0) is 10.8. The second-order valence-corrected chi connectivity index (χ2v) is 4.20. The minimum Gasteiger partial charge on any atom is -0.394 e. The van der Waals surface area contributed by atoms with E-state index < -0.39 is 6.04 Å². The van der Waals surface area contributed by atoms with Gasteiger partial charge in [0.05, 0.1) is 12.6 Å². The lowest BCUT2D eigenvalue weighted by Crippen LogP contribution is -2.22. The van der Waals surface area contributed by atoms with Crippen LogP contribution >= 0.6 is 0 Å². The van der Waals surface area contributed by atoms with Gasteiger partial charge < -0.3 is 15.4 Å². The minimum absolute atomic E-state index is 0.0785. The molecule has 2 rings (SSSR count). The van der Waals surface area contributed by atoms with Crippen LogP contribution < -0.4 is 5.73 Å². The van der Waals surface area contributed by atoms with E-state index in [2.05, 4.69) is 14.8 Å². The van der Waals surface area contributed by atoms with Gasteiger partial charge in [0.1, 0.15) is 5.82 Å². The van der Waals surface area contributed by atoms with Crippen LogP contribution in [0.3, 0.4) is 0 Å². The predicted molar refractivity (Wildman–Crippen MR) is 56.3 cm³/mol. The van der Waals surface area contributed by atoms with Crippen molar-refractivity contribution in [1.82, 2.24) is 14.8 Å². The summed E-state index contributed by atoms with van der Waals surface area (Å²) in [4.78, 5) is 0. The van der Waals surface area contributed by atoms with Gasteiger partial charge in [-0.25, -0.2) is 0 Å². The quantitative estimate of drug-likeness (QED) is 0.769. The number of hydrogen-bond donors (Lipinski definition) is 2. The molecule has 0 unspecified atom stereocenters. The number of aliphatic hydroxyl groups is 1. The van der Waals surface area contributed by atoms with E-state index in [1.807, 2.05) is 6.92 Å². The van der Waals surface area contributed by atoms with Crippen molar-refractivity contribution in [2.45, 2.75) is 44.7 Å². The molecule has 1 fully saturated rings. The number of aryl methyl sites for hydroxylation is 1. The van der Waals surface area contributed by atoms with Crippen molar-refractivity contribution in [3.8, 4) is 0 Å². The first-order valence-corrected chi connectivity index (χ1v) is 5.52. The number of hydrogen-bond acceptors (Lipinski definition) is 4. The second kappa shape index (κ2) is 4.28. The van der Waals surface area contributed by atoms with Crippen LogP contribution in [0.25, 0.3) is 0 Å². The molecule has 1 aromatic rings. The lowest BCUT2D eigenvalue weighted by molar-refractivity contribution is 0.258. The lowest BCUT2D eigenvalue weighted by Gasteiger charge is -2.17. The van der Waals surface area contributed by atoms with Crippen LogP contribution in [0.1, 0.15) is 49.4 Å². The molecule has 1 heterocycles. The van der Waals surface area contributed by atoms with Gasteiger partial charge in [-0.2, -0.15) is 0 Å². The average Bonchev–Trinajstić information content (AvgIpc) is 2.85. The minimum atomic E-state index is -0.410. The Balaban J connectivity index is 2.30. The molecule has 0 spiro atoms. The normalized spacial score (nSPS) is 19.7. The summed E-state index contributed by atoms with van der Waals surface area (Å²) >= 11 is 0. The van der Waals surface area contributed by atoms with Gasteiger partial charge in [-0.3, -0.25) is 0 Å². The maximum atomic E-state index is 9.06. The Bertz CT molecular complexity index is 330. The summed E-state index contributed by atoms with van der Waals surface area (Å²) in [6, 6.07) is 0.0689. The van der Waals surface area contributed by atoms with Crippen molar-refractivity contribution in [2.75, 3.05) is 6.61 Å². The zero-order valence-electron chi connectivity index (χ0n) is 9.06. The third-order valence-electron chi connectivity index (χ3n) is 3.11. The standard InChI is InChI=1S/C10H18N4O/c1-7-12-13-10(9(11)6-15)14(7)8-4-2-3-5-8/h8-9,15H,2-6,11H2,1H3/t9-/m1/s1. The van der Waals surface area contributed by atoms with E-state index in [9.17, 15) is 0 Å². The molecule has 0 radical (unpaired) electrons. The molecule has 0 amide bonds. The molecule has 0 bridgehead atoms. The van der Waals surface area contributed by atoms with Crippen LogP contribution in [0.4, 0.5) is 0 Å². The molecule has 1 aromatic heterocycles. The molecule has 15 heavy (non-hydrogen) atoms. The van der Waals surface area contributed by atoms with Gasteiger partial charge in [-0.15, -0.1) is 10.2 Å². The van der Waals surface area contributed by atoms with E-state index in [-0.39, 0.29) is 6.61 Å². The Morgan fingerprint density at radius 2 is 2.13 bits per heavy atom. The lowest BCUT2D eigenvalue weighted by atomic mass is 10.2. The molecule has 84 valence electrons. The third-order valence-corrected chi connectivity index (χ3v) is 3.11. The van der Waals surface area contributed by atoms with Crippen molar-refractivity contribution in [2.24, 2.45) is 5.73 Å². The molecule has 3 N–H and O–H groups in total. The summed E-state index contributed by atoms with van der Waals surface area (Å²) in [7, 11) is 0. The first-order valence-electron chi connectivity index (χ1n) is 5.52. The highest BCUT2D eigenvalue weighted by Gasteiger charge is 2.24. The summed E-state index contributed by atoms with van der Waals surface area (Å²) in [5.41, 5.74) is 5.80. The van der Waals surface area contributed by atoms with Gasteiger partial charge in [0.15, 0.2) is 5.82 Å². The Kier molecular flexibility index (Phi) is 3.02. The summed E-state index contributed by atoms with van der Waals surface area (Å²) < 4.78 is 2.11. The number of nitrogens with two attached hydrogens (primary N) is 1. The highest BCUT2D eigenvalue weighted by atomic mass is 16.3. The molecule has 5 heteroatoms. The van der Waals surface area contributed by atoms with Crippen LogP contribution in [-0.4, -0.2) is 26.5 Å². The predicted octanol–water partition coefficient (Wildman–Crippen LogP) is 0.694. The molecule has 5 nitrogen and oxygen atoms in total. The topological polar surface area (TPSA) is 77.0 Å². The summed E-state index contributed by atoms with van der Waals surface area (Å²) in [5.74, 6) is 1.63. The van der Waals surface area contributed by atoms with Crippen LogP contribution in [0.15, 0.2) is 0 Å². The second-order valence-electron chi connectivity index (χ2n) is 4.20. The fraction of sp³-hybridized carbons (Fsp3) is 0.800. The fourth-order valence-corrected chi connectivity index (χ4v) is 2.33. The van der Waals surface area contributed by atoms with Crippen LogP contribution in [0.2, 0.25) is 0 Å². The molecule has 0 saturated heterocycles. The smallest absolute Gasteiger partial charge is 0.152 e. The van der Waals surface area contributed by atoms with Crippen LogP contribution in [-0.2, 0) is 0 Å². The Morgan fingerprint density at radius 3 is 2.73 bits per heavy atom. The highest BCUT2D eigenvalue weighted by Crippen LogP contribution is 2.31. The highest BCUT2D eigenvalue weighted by molar-refractivity contribution is 5.02. The first kappa shape index (κ1) is 10.6. The summed E-state index contributed by atoms with van der Waals surface area (Å²) in [5, 5.41) is 17.2. The van der Waals surface area contributed by atoms with Crippen LogP contribution in [0, 0.1) is 6.92 Å². The molecule has 0 aliphatic heterocycles. The molecular weight excluding hydrogens is 192 g/mol. The van der Waals surface area contributed by atoms with Crippen LogP contribution in [0.5, 0.6) is 0 Å². The molecule has 1 atom stereocenters. The van der Waals surface area contributed by atoms with E-state index in [0.717, 1.165) is 11.6 Å².